The molecule has 0 rings (SSSR count). The first-order valence-electron chi connectivity index (χ1n) is 14.3. The summed E-state index contributed by atoms with van der Waals surface area (Å²) < 4.78 is 80.4. The lowest BCUT2D eigenvalue weighted by atomic mass is 9.92. The largest absolute Gasteiger partial charge is 0.381 e. The van der Waals surface area contributed by atoms with E-state index in [9.17, 15) is 17.6 Å². The Kier molecular flexibility index (Phi) is 19.7. The molecule has 0 aromatic rings. The van der Waals surface area contributed by atoms with E-state index in [1.165, 1.54) is 0 Å². The second-order valence-electron chi connectivity index (χ2n) is 12.4. The number of rotatable bonds is 24. The lowest BCUT2D eigenvalue weighted by Gasteiger charge is -2.35. The zero-order valence-corrected chi connectivity index (χ0v) is 29.5. The van der Waals surface area contributed by atoms with Gasteiger partial charge in [0.05, 0.1) is 31.8 Å². The van der Waals surface area contributed by atoms with Crippen LogP contribution < -0.4 is 0 Å². The van der Waals surface area contributed by atoms with E-state index in [1.54, 1.807) is 0 Å². The van der Waals surface area contributed by atoms with Crippen molar-refractivity contribution in [3.8, 4) is 0 Å². The minimum absolute atomic E-state index is 0.0183. The molecule has 0 N–H and O–H groups in total. The average molecular weight is 609 g/mol. The van der Waals surface area contributed by atoms with Gasteiger partial charge in [0.1, 0.15) is 0 Å². The SMILES string of the molecule is C[SiH](C)CCCOCC(COCCC[SiH](C)C)(COC(F)(F)CC[SiH](C)C)COC(F)(F)CC[SiH](C)C. The van der Waals surface area contributed by atoms with Gasteiger partial charge in [-0.1, -0.05) is 76.6 Å². The first-order chi connectivity index (χ1) is 17.1. The molecule has 0 spiro atoms. The molecule has 0 saturated carbocycles. The van der Waals surface area contributed by atoms with Crippen molar-refractivity contribution >= 4 is 35.2 Å². The molecule has 0 atom stereocenters. The van der Waals surface area contributed by atoms with Crippen molar-refractivity contribution in [1.29, 1.82) is 0 Å². The Hall–Kier alpha value is 0.428. The standard InChI is InChI=1S/C25H56F4O4Si4/c1-34(2)15-9-13-30-19-23(20-31-14-10-16-35(3)4,21-32-24(26,27)11-17-36(5)6)22-33-25(28,29)12-18-37(7)8/h34-37H,9-22H2,1-8H3. The van der Waals surface area contributed by atoms with Gasteiger partial charge < -0.3 is 18.9 Å². The summed E-state index contributed by atoms with van der Waals surface area (Å²) in [5, 5.41) is 0. The predicted octanol–water partition coefficient (Wildman–Crippen LogP) is 6.73. The number of hydrogen-bond donors (Lipinski definition) is 0. The summed E-state index contributed by atoms with van der Waals surface area (Å²) in [6.07, 6.45) is -5.62. The van der Waals surface area contributed by atoms with E-state index in [0.29, 0.717) is 25.3 Å². The molecular formula is C25H56F4O4Si4. The fraction of sp³-hybridized carbons (Fsp3) is 1.00. The number of alkyl halides is 4. The van der Waals surface area contributed by atoms with Crippen molar-refractivity contribution in [3.05, 3.63) is 0 Å². The Morgan fingerprint density at radius 1 is 0.486 bits per heavy atom. The number of halogens is 4. The minimum atomic E-state index is -3.32. The van der Waals surface area contributed by atoms with Gasteiger partial charge >= 0.3 is 12.2 Å². The van der Waals surface area contributed by atoms with E-state index in [-0.39, 0.29) is 26.1 Å². The fourth-order valence-corrected chi connectivity index (χ4v) is 7.38. The third-order valence-electron chi connectivity index (χ3n) is 6.16. The third kappa shape index (κ3) is 21.9. The van der Waals surface area contributed by atoms with Crippen LogP contribution in [0.2, 0.25) is 76.6 Å². The summed E-state index contributed by atoms with van der Waals surface area (Å²) in [5.41, 5.74) is -1.23. The van der Waals surface area contributed by atoms with Gasteiger partial charge in [0, 0.05) is 61.2 Å². The first kappa shape index (κ1) is 37.4. The van der Waals surface area contributed by atoms with Gasteiger partial charge in [0.15, 0.2) is 0 Å². The number of ether oxygens (including phenoxy) is 4. The second-order valence-corrected chi connectivity index (χ2v) is 25.9. The monoisotopic (exact) mass is 608 g/mol. The van der Waals surface area contributed by atoms with Crippen LogP contribution in [-0.4, -0.2) is 87.0 Å². The van der Waals surface area contributed by atoms with E-state index in [4.69, 9.17) is 18.9 Å². The molecule has 0 unspecified atom stereocenters. The topological polar surface area (TPSA) is 36.9 Å². The van der Waals surface area contributed by atoms with Crippen LogP contribution in [0.1, 0.15) is 25.7 Å². The molecule has 0 saturated heterocycles. The molecule has 0 aliphatic carbocycles. The van der Waals surface area contributed by atoms with Gasteiger partial charge in [0.2, 0.25) is 0 Å². The van der Waals surface area contributed by atoms with E-state index >= 15 is 0 Å². The molecule has 0 heterocycles. The zero-order valence-electron chi connectivity index (χ0n) is 24.9. The van der Waals surface area contributed by atoms with Crippen LogP contribution in [0.4, 0.5) is 17.6 Å². The maximum absolute atomic E-state index is 14.6. The van der Waals surface area contributed by atoms with Crippen LogP contribution in [-0.2, 0) is 18.9 Å². The normalized spacial score (nSPS) is 13.6. The molecule has 0 aliphatic heterocycles. The summed E-state index contributed by atoms with van der Waals surface area (Å²) in [7, 11) is -3.84. The lowest BCUT2D eigenvalue weighted by molar-refractivity contribution is -0.288. The van der Waals surface area contributed by atoms with E-state index in [2.05, 4.69) is 26.2 Å². The molecule has 0 aliphatic rings. The average Bonchev–Trinajstić information content (AvgIpc) is 2.78. The maximum atomic E-state index is 14.6. The summed E-state index contributed by atoms with van der Waals surface area (Å²) in [6.45, 7) is 17.0. The van der Waals surface area contributed by atoms with Gasteiger partial charge in [-0.15, -0.1) is 0 Å². The summed E-state index contributed by atoms with van der Waals surface area (Å²) in [6, 6.07) is 3.09. The van der Waals surface area contributed by atoms with Crippen molar-refractivity contribution in [2.75, 3.05) is 39.6 Å². The Balaban J connectivity index is 5.53. The van der Waals surface area contributed by atoms with Crippen LogP contribution in [0.15, 0.2) is 0 Å². The van der Waals surface area contributed by atoms with Crippen LogP contribution in [0.25, 0.3) is 0 Å². The van der Waals surface area contributed by atoms with Gasteiger partial charge in [-0.3, -0.25) is 0 Å². The summed E-state index contributed by atoms with van der Waals surface area (Å²) in [4.78, 5) is 0. The van der Waals surface area contributed by atoms with E-state index in [1.807, 2.05) is 26.2 Å². The zero-order chi connectivity index (χ0) is 28.5. The van der Waals surface area contributed by atoms with Gasteiger partial charge in [-0.05, 0) is 12.8 Å². The second kappa shape index (κ2) is 19.5. The van der Waals surface area contributed by atoms with Gasteiger partial charge in [0.25, 0.3) is 0 Å². The van der Waals surface area contributed by atoms with Crippen LogP contribution in [0.5, 0.6) is 0 Å². The molecule has 0 aromatic heterocycles. The summed E-state index contributed by atoms with van der Waals surface area (Å²) in [5.74, 6) is 0. The Morgan fingerprint density at radius 3 is 1.11 bits per heavy atom. The minimum Gasteiger partial charge on any atom is -0.381 e. The molecule has 0 aromatic carbocycles. The first-order valence-corrected chi connectivity index (χ1v) is 26.8. The van der Waals surface area contributed by atoms with Gasteiger partial charge in [-0.25, -0.2) is 0 Å². The number of hydrogen-bond acceptors (Lipinski definition) is 4. The Morgan fingerprint density at radius 2 is 0.811 bits per heavy atom. The highest BCUT2D eigenvalue weighted by Gasteiger charge is 2.41. The quantitative estimate of drug-likeness (QED) is 0.0692. The molecule has 0 fully saturated rings. The molecule has 0 bridgehead atoms. The van der Waals surface area contributed by atoms with E-state index < -0.39 is 66.0 Å². The molecular weight excluding hydrogens is 553 g/mol. The lowest BCUT2D eigenvalue weighted by Crippen LogP contribution is -2.45. The summed E-state index contributed by atoms with van der Waals surface area (Å²) >= 11 is 0. The molecule has 4 nitrogen and oxygen atoms in total. The highest BCUT2D eigenvalue weighted by atomic mass is 28.3. The predicted molar refractivity (Wildman–Crippen MR) is 159 cm³/mol. The Labute approximate surface area is 231 Å². The smallest absolute Gasteiger partial charge is 0.355 e. The van der Waals surface area contributed by atoms with Crippen LogP contribution >= 0.6 is 0 Å². The van der Waals surface area contributed by atoms with Crippen molar-refractivity contribution < 1.29 is 36.5 Å². The molecule has 12 heteroatoms. The molecule has 0 radical (unpaired) electrons. The van der Waals surface area contributed by atoms with Crippen molar-refractivity contribution in [3.63, 3.8) is 0 Å². The molecule has 0 amide bonds. The van der Waals surface area contributed by atoms with E-state index in [0.717, 1.165) is 24.9 Å². The Bertz CT molecular complexity index is 523. The maximum Gasteiger partial charge on any atom is 0.355 e. The van der Waals surface area contributed by atoms with Crippen LogP contribution in [0, 0.1) is 5.41 Å². The molecule has 37 heavy (non-hydrogen) atoms. The van der Waals surface area contributed by atoms with Gasteiger partial charge in [-0.2, -0.15) is 17.6 Å². The fourth-order valence-electron chi connectivity index (χ4n) is 3.59. The van der Waals surface area contributed by atoms with Crippen molar-refractivity contribution in [1.82, 2.24) is 0 Å². The van der Waals surface area contributed by atoms with Crippen molar-refractivity contribution in [2.24, 2.45) is 5.41 Å². The molecule has 224 valence electrons. The highest BCUT2D eigenvalue weighted by Crippen LogP contribution is 2.32. The highest BCUT2D eigenvalue weighted by molar-refractivity contribution is 6.56. The van der Waals surface area contributed by atoms with Crippen molar-refractivity contribution in [2.45, 2.75) is 114 Å². The van der Waals surface area contributed by atoms with Crippen LogP contribution in [0.3, 0.4) is 0 Å². The third-order valence-corrected chi connectivity index (χ3v) is 12.2.